The maximum atomic E-state index is 6.03. The molecule has 0 aliphatic heterocycles. The van der Waals surface area contributed by atoms with Crippen LogP contribution in [-0.2, 0) is 6.42 Å². The van der Waals surface area contributed by atoms with Crippen LogP contribution in [0.15, 0.2) is 35.6 Å². The Hall–Kier alpha value is -2.51. The van der Waals surface area contributed by atoms with Crippen molar-refractivity contribution >= 4 is 23.2 Å². The van der Waals surface area contributed by atoms with E-state index in [0.29, 0.717) is 17.1 Å². The summed E-state index contributed by atoms with van der Waals surface area (Å²) in [6.45, 7) is 8.30. The molecule has 2 N–H and O–H groups in total. The molecule has 0 aliphatic carbocycles. The molecule has 0 amide bonds. The van der Waals surface area contributed by atoms with Crippen LogP contribution in [0.2, 0.25) is 0 Å². The van der Waals surface area contributed by atoms with Crippen LogP contribution in [0.1, 0.15) is 29.2 Å². The molecule has 1 aromatic heterocycles. The molecule has 1 heterocycles. The predicted molar refractivity (Wildman–Crippen MR) is 118 cm³/mol. The van der Waals surface area contributed by atoms with Crippen molar-refractivity contribution in [3.63, 3.8) is 0 Å². The molecular weight excluding hydrogens is 372 g/mol. The molecule has 0 unspecified atom stereocenters. The topological polar surface area (TPSA) is 73.0 Å². The molecule has 6 nitrogen and oxygen atoms in total. The maximum absolute atomic E-state index is 6.03. The fourth-order valence-corrected chi connectivity index (χ4v) is 2.84. The number of aromatic nitrogens is 1. The van der Waals surface area contributed by atoms with E-state index >= 15 is 0 Å². The van der Waals surface area contributed by atoms with E-state index < -0.39 is 0 Å². The first-order valence-corrected chi connectivity index (χ1v) is 9.59. The van der Waals surface area contributed by atoms with E-state index in [1.54, 1.807) is 25.6 Å². The van der Waals surface area contributed by atoms with E-state index in [0.717, 1.165) is 25.1 Å². The van der Waals surface area contributed by atoms with Crippen molar-refractivity contribution in [3.8, 4) is 11.5 Å². The molecule has 2 rings (SSSR count). The average Bonchev–Trinajstić information content (AvgIpc) is 2.69. The van der Waals surface area contributed by atoms with Crippen molar-refractivity contribution in [1.29, 1.82) is 0 Å². The van der Waals surface area contributed by atoms with Crippen LogP contribution in [0.3, 0.4) is 0 Å². The van der Waals surface area contributed by atoms with E-state index in [1.807, 2.05) is 13.0 Å². The number of methoxy groups -OCH3 is 1. The zero-order valence-electron chi connectivity index (χ0n) is 17.2. The Labute approximate surface area is 172 Å². The lowest BCUT2D eigenvalue weighted by atomic mass is 10.0. The number of rotatable bonds is 7. The second-order valence-electron chi connectivity index (χ2n) is 6.67. The number of hydrogen-bond acceptors (Lipinski definition) is 5. The Morgan fingerprint density at radius 1 is 1.21 bits per heavy atom. The van der Waals surface area contributed by atoms with Crippen molar-refractivity contribution in [2.24, 2.45) is 10.7 Å². The highest BCUT2D eigenvalue weighted by atomic mass is 32.1. The molecule has 0 radical (unpaired) electrons. The summed E-state index contributed by atoms with van der Waals surface area (Å²) in [5, 5.41) is 0.0567. The third-order valence-corrected chi connectivity index (χ3v) is 4.76. The molecular formula is C21H28N4O2S. The van der Waals surface area contributed by atoms with Gasteiger partial charge >= 0.3 is 0 Å². The zero-order valence-corrected chi connectivity index (χ0v) is 18.0. The minimum Gasteiger partial charge on any atom is -0.495 e. The van der Waals surface area contributed by atoms with E-state index in [1.165, 1.54) is 11.1 Å². The van der Waals surface area contributed by atoms with Gasteiger partial charge in [0.05, 0.1) is 13.3 Å². The summed E-state index contributed by atoms with van der Waals surface area (Å²) in [7, 11) is 3.69. The van der Waals surface area contributed by atoms with Gasteiger partial charge in [-0.1, -0.05) is 13.0 Å². The SMILES string of the molecule is CCN(C)CCc1cc(C)c(OC(=S)N=C(N)c2cncc(OC)c2)cc1C. The lowest BCUT2D eigenvalue weighted by Crippen LogP contribution is -2.20. The van der Waals surface area contributed by atoms with Crippen molar-refractivity contribution in [3.05, 3.63) is 52.8 Å². The summed E-state index contributed by atoms with van der Waals surface area (Å²) in [6.07, 6.45) is 4.19. The Morgan fingerprint density at radius 3 is 2.64 bits per heavy atom. The number of amidine groups is 1. The zero-order chi connectivity index (χ0) is 20.7. The molecule has 0 saturated carbocycles. The average molecular weight is 401 g/mol. The highest BCUT2D eigenvalue weighted by Crippen LogP contribution is 2.24. The quantitative estimate of drug-likeness (QED) is 0.437. The molecule has 0 fully saturated rings. The summed E-state index contributed by atoms with van der Waals surface area (Å²) in [4.78, 5) is 10.5. The first-order valence-electron chi connectivity index (χ1n) is 9.18. The Bertz CT molecular complexity index is 867. The lowest BCUT2D eigenvalue weighted by Gasteiger charge is -2.16. The van der Waals surface area contributed by atoms with Crippen LogP contribution in [-0.4, -0.2) is 48.1 Å². The van der Waals surface area contributed by atoms with Gasteiger partial charge < -0.3 is 20.1 Å². The highest BCUT2D eigenvalue weighted by Gasteiger charge is 2.10. The minimum absolute atomic E-state index is 0.0567. The predicted octanol–water partition coefficient (Wildman–Crippen LogP) is 3.27. The number of pyridine rings is 1. The number of benzene rings is 1. The van der Waals surface area contributed by atoms with Gasteiger partial charge in [-0.05, 0) is 74.9 Å². The Kier molecular flexibility index (Phi) is 7.90. The fraction of sp³-hybridized carbons (Fsp3) is 0.381. The van der Waals surface area contributed by atoms with E-state index in [-0.39, 0.29) is 11.0 Å². The number of nitrogens with two attached hydrogens (primary N) is 1. The first-order chi connectivity index (χ1) is 13.3. The number of aliphatic imine (C=N–C) groups is 1. The summed E-state index contributed by atoms with van der Waals surface area (Å²) >= 11 is 5.26. The summed E-state index contributed by atoms with van der Waals surface area (Å²) in [6, 6.07) is 5.89. The van der Waals surface area contributed by atoms with Crippen LogP contribution in [0.25, 0.3) is 0 Å². The molecule has 7 heteroatoms. The van der Waals surface area contributed by atoms with Crippen molar-refractivity contribution < 1.29 is 9.47 Å². The molecule has 150 valence electrons. The van der Waals surface area contributed by atoms with Crippen LogP contribution in [0.5, 0.6) is 11.5 Å². The van der Waals surface area contributed by atoms with Gasteiger partial charge in [0.1, 0.15) is 17.3 Å². The van der Waals surface area contributed by atoms with Gasteiger partial charge in [-0.2, -0.15) is 4.99 Å². The second-order valence-corrected chi connectivity index (χ2v) is 7.02. The summed E-state index contributed by atoms with van der Waals surface area (Å²) < 4.78 is 10.9. The van der Waals surface area contributed by atoms with Crippen LogP contribution >= 0.6 is 12.2 Å². The number of nitrogens with zero attached hydrogens (tertiary/aromatic N) is 3. The van der Waals surface area contributed by atoms with Gasteiger partial charge in [-0.15, -0.1) is 0 Å². The standard InChI is InChI=1S/C21H28N4O2S/c1-6-25(4)8-7-16-9-15(3)19(10-14(16)2)27-21(28)24-20(22)17-11-18(26-5)13-23-12-17/h9-13H,6-8H2,1-5H3,(H2,22,24,28). The molecule has 28 heavy (non-hydrogen) atoms. The Balaban J connectivity index is 2.11. The third kappa shape index (κ3) is 6.00. The number of ether oxygens (including phenoxy) is 2. The Morgan fingerprint density at radius 2 is 1.96 bits per heavy atom. The van der Waals surface area contributed by atoms with Crippen LogP contribution in [0.4, 0.5) is 0 Å². The number of hydrogen-bond donors (Lipinski definition) is 1. The second kappa shape index (κ2) is 10.1. The van der Waals surface area contributed by atoms with Crippen LogP contribution in [0, 0.1) is 13.8 Å². The minimum atomic E-state index is 0.0567. The van der Waals surface area contributed by atoms with Crippen LogP contribution < -0.4 is 15.2 Å². The highest BCUT2D eigenvalue weighted by molar-refractivity contribution is 7.80. The smallest absolute Gasteiger partial charge is 0.290 e. The van der Waals surface area contributed by atoms with Gasteiger partial charge in [-0.3, -0.25) is 4.98 Å². The van der Waals surface area contributed by atoms with Gasteiger partial charge in [0.2, 0.25) is 0 Å². The number of likely N-dealkylation sites (N-methyl/N-ethyl adjacent to an activating group) is 1. The molecule has 1 aromatic carbocycles. The number of thiocarbonyl (C=S) groups is 1. The molecule has 0 spiro atoms. The normalized spacial score (nSPS) is 11.6. The van der Waals surface area contributed by atoms with Crippen molar-refractivity contribution in [2.75, 3.05) is 27.2 Å². The first kappa shape index (κ1) is 21.8. The van der Waals surface area contributed by atoms with Gasteiger partial charge in [0, 0.05) is 18.3 Å². The van der Waals surface area contributed by atoms with E-state index in [2.05, 4.69) is 41.8 Å². The molecule has 0 saturated heterocycles. The monoisotopic (exact) mass is 400 g/mol. The molecule has 0 atom stereocenters. The van der Waals surface area contributed by atoms with Gasteiger partial charge in [-0.25, -0.2) is 0 Å². The summed E-state index contributed by atoms with van der Waals surface area (Å²) in [5.41, 5.74) is 10.1. The molecule has 0 aliphatic rings. The lowest BCUT2D eigenvalue weighted by molar-refractivity contribution is 0.357. The van der Waals surface area contributed by atoms with Gasteiger partial charge in [0.25, 0.3) is 5.17 Å². The summed E-state index contributed by atoms with van der Waals surface area (Å²) in [5.74, 6) is 1.51. The fourth-order valence-electron chi connectivity index (χ4n) is 2.65. The van der Waals surface area contributed by atoms with E-state index in [9.17, 15) is 0 Å². The van der Waals surface area contributed by atoms with Gasteiger partial charge in [0.15, 0.2) is 0 Å². The van der Waals surface area contributed by atoms with E-state index in [4.69, 9.17) is 27.4 Å². The number of aryl methyl sites for hydroxylation is 2. The third-order valence-electron chi connectivity index (χ3n) is 4.59. The largest absolute Gasteiger partial charge is 0.495 e. The van der Waals surface area contributed by atoms with Crippen molar-refractivity contribution in [2.45, 2.75) is 27.2 Å². The molecule has 0 bridgehead atoms. The molecule has 2 aromatic rings. The van der Waals surface area contributed by atoms with Crippen molar-refractivity contribution in [1.82, 2.24) is 9.88 Å². The maximum Gasteiger partial charge on any atom is 0.290 e.